The van der Waals surface area contributed by atoms with Gasteiger partial charge in [0.25, 0.3) is 5.91 Å². The monoisotopic (exact) mass is 348 g/mol. The molecule has 138 valence electrons. The standard InChI is InChI=1S/C20H29FN2O2/c1-3-17-19(24)22(4-2)15-20(25-17)10-12-23(13-11-20)18(21)14-16-8-6-5-7-9-16/h5-9,17-18H,3-4,10-15H2,1-2H3/t17-,18?/m1/s1. The minimum atomic E-state index is -0.964. The Balaban J connectivity index is 1.59. The van der Waals surface area contributed by atoms with Gasteiger partial charge in [0.15, 0.2) is 6.30 Å². The van der Waals surface area contributed by atoms with Gasteiger partial charge >= 0.3 is 0 Å². The van der Waals surface area contributed by atoms with Gasteiger partial charge in [-0.1, -0.05) is 37.3 Å². The second kappa shape index (κ2) is 7.83. The van der Waals surface area contributed by atoms with E-state index in [4.69, 9.17) is 4.74 Å². The van der Waals surface area contributed by atoms with E-state index >= 15 is 0 Å². The third-order valence-corrected chi connectivity index (χ3v) is 5.56. The number of hydrogen-bond donors (Lipinski definition) is 0. The highest BCUT2D eigenvalue weighted by atomic mass is 19.1. The number of alkyl halides is 1. The number of benzene rings is 1. The average Bonchev–Trinajstić information content (AvgIpc) is 2.65. The number of carbonyl (C=O) groups is 1. The largest absolute Gasteiger partial charge is 0.360 e. The van der Waals surface area contributed by atoms with Crippen LogP contribution in [0.3, 0.4) is 0 Å². The zero-order valence-electron chi connectivity index (χ0n) is 15.3. The molecule has 0 saturated carbocycles. The molecule has 2 aliphatic heterocycles. The van der Waals surface area contributed by atoms with Gasteiger partial charge in [0.05, 0.1) is 5.60 Å². The zero-order valence-corrected chi connectivity index (χ0v) is 15.3. The number of likely N-dealkylation sites (N-methyl/N-ethyl adjacent to an activating group) is 1. The Hall–Kier alpha value is -1.46. The average molecular weight is 348 g/mol. The van der Waals surface area contributed by atoms with Gasteiger partial charge in [0.2, 0.25) is 0 Å². The van der Waals surface area contributed by atoms with Crippen LogP contribution >= 0.6 is 0 Å². The molecule has 1 unspecified atom stereocenters. The molecule has 3 rings (SSSR count). The molecule has 2 aliphatic rings. The zero-order chi connectivity index (χ0) is 17.9. The van der Waals surface area contributed by atoms with Crippen LogP contribution in [0.1, 0.15) is 38.7 Å². The number of halogens is 1. The van der Waals surface area contributed by atoms with Crippen molar-refractivity contribution in [2.45, 2.75) is 57.5 Å². The van der Waals surface area contributed by atoms with Gasteiger partial charge in [-0.3, -0.25) is 9.69 Å². The van der Waals surface area contributed by atoms with E-state index in [1.165, 1.54) is 0 Å². The first kappa shape index (κ1) is 18.3. The van der Waals surface area contributed by atoms with Gasteiger partial charge in [-0.25, -0.2) is 4.39 Å². The number of hydrogen-bond acceptors (Lipinski definition) is 3. The van der Waals surface area contributed by atoms with E-state index < -0.39 is 6.30 Å². The highest BCUT2D eigenvalue weighted by Crippen LogP contribution is 2.34. The Kier molecular flexibility index (Phi) is 5.74. The van der Waals surface area contributed by atoms with Crippen molar-refractivity contribution in [3.63, 3.8) is 0 Å². The number of ether oxygens (including phenoxy) is 1. The van der Waals surface area contributed by atoms with Crippen LogP contribution in [-0.4, -0.2) is 59.9 Å². The fourth-order valence-electron chi connectivity index (χ4n) is 3.97. The molecular formula is C20H29FN2O2. The molecule has 1 aromatic carbocycles. The van der Waals surface area contributed by atoms with E-state index in [1.54, 1.807) is 0 Å². The molecule has 25 heavy (non-hydrogen) atoms. The third kappa shape index (κ3) is 4.04. The lowest BCUT2D eigenvalue weighted by atomic mass is 9.87. The van der Waals surface area contributed by atoms with Gasteiger partial charge in [-0.05, 0) is 31.7 Å². The molecule has 1 aromatic rings. The van der Waals surface area contributed by atoms with Crippen LogP contribution in [-0.2, 0) is 16.0 Å². The molecule has 2 fully saturated rings. The van der Waals surface area contributed by atoms with Crippen LogP contribution in [0.25, 0.3) is 0 Å². The van der Waals surface area contributed by atoms with Crippen LogP contribution in [0.4, 0.5) is 4.39 Å². The summed E-state index contributed by atoms with van der Waals surface area (Å²) < 4.78 is 20.9. The maximum absolute atomic E-state index is 14.7. The Morgan fingerprint density at radius 1 is 1.24 bits per heavy atom. The Morgan fingerprint density at radius 3 is 2.52 bits per heavy atom. The SMILES string of the molecule is CC[C@H]1OC2(CCN(C(F)Cc3ccccc3)CC2)CN(CC)C1=O. The number of carbonyl (C=O) groups excluding carboxylic acids is 1. The molecule has 0 bridgehead atoms. The predicted octanol–water partition coefficient (Wildman–Crippen LogP) is 3.02. The fourth-order valence-corrected chi connectivity index (χ4v) is 3.97. The van der Waals surface area contributed by atoms with E-state index in [1.807, 2.05) is 54.0 Å². The summed E-state index contributed by atoms with van der Waals surface area (Å²) in [6.45, 7) is 6.71. The van der Waals surface area contributed by atoms with Gasteiger partial charge in [0.1, 0.15) is 6.10 Å². The first-order valence-corrected chi connectivity index (χ1v) is 9.45. The molecule has 0 radical (unpaired) electrons. The van der Waals surface area contributed by atoms with E-state index in [-0.39, 0.29) is 17.6 Å². The van der Waals surface area contributed by atoms with Crippen molar-refractivity contribution < 1.29 is 13.9 Å². The Bertz CT molecular complexity index is 554. The summed E-state index contributed by atoms with van der Waals surface area (Å²) in [5.74, 6) is 0.102. The summed E-state index contributed by atoms with van der Waals surface area (Å²) in [6.07, 6.45) is 1.37. The molecule has 1 amide bonds. The van der Waals surface area contributed by atoms with Crippen molar-refractivity contribution >= 4 is 5.91 Å². The van der Waals surface area contributed by atoms with Crippen LogP contribution in [0.15, 0.2) is 30.3 Å². The quantitative estimate of drug-likeness (QED) is 0.767. The summed E-state index contributed by atoms with van der Waals surface area (Å²) in [5.41, 5.74) is 0.728. The molecule has 4 nitrogen and oxygen atoms in total. The third-order valence-electron chi connectivity index (χ3n) is 5.56. The number of nitrogens with zero attached hydrogens (tertiary/aromatic N) is 2. The number of morpholine rings is 1. The summed E-state index contributed by atoms with van der Waals surface area (Å²) in [5, 5.41) is 0. The number of piperidine rings is 1. The first-order valence-electron chi connectivity index (χ1n) is 9.45. The van der Waals surface area contributed by atoms with Crippen molar-refractivity contribution in [1.82, 2.24) is 9.80 Å². The molecule has 1 spiro atoms. The summed E-state index contributed by atoms with van der Waals surface area (Å²) in [7, 11) is 0. The molecule has 0 aromatic heterocycles. The first-order chi connectivity index (χ1) is 12.1. The normalized spacial score (nSPS) is 25.3. The Morgan fingerprint density at radius 2 is 1.92 bits per heavy atom. The van der Waals surface area contributed by atoms with Crippen molar-refractivity contribution in [3.8, 4) is 0 Å². The van der Waals surface area contributed by atoms with Gasteiger partial charge in [-0.2, -0.15) is 0 Å². The molecule has 2 saturated heterocycles. The second-order valence-corrected chi connectivity index (χ2v) is 7.21. The van der Waals surface area contributed by atoms with E-state index in [2.05, 4.69) is 0 Å². The summed E-state index contributed by atoms with van der Waals surface area (Å²) in [4.78, 5) is 16.1. The minimum Gasteiger partial charge on any atom is -0.360 e. The van der Waals surface area contributed by atoms with Crippen LogP contribution in [0.2, 0.25) is 0 Å². The van der Waals surface area contributed by atoms with Crippen molar-refractivity contribution in [3.05, 3.63) is 35.9 Å². The van der Waals surface area contributed by atoms with E-state index in [0.717, 1.165) is 18.4 Å². The number of rotatable bonds is 5. The highest BCUT2D eigenvalue weighted by Gasteiger charge is 2.46. The molecule has 0 aliphatic carbocycles. The minimum absolute atomic E-state index is 0.102. The maximum atomic E-state index is 14.7. The number of amides is 1. The smallest absolute Gasteiger partial charge is 0.251 e. The van der Waals surface area contributed by atoms with E-state index in [0.29, 0.717) is 39.0 Å². The van der Waals surface area contributed by atoms with Crippen molar-refractivity contribution in [1.29, 1.82) is 0 Å². The molecule has 5 heteroatoms. The summed E-state index contributed by atoms with van der Waals surface area (Å²) >= 11 is 0. The van der Waals surface area contributed by atoms with Gasteiger partial charge in [0, 0.05) is 32.6 Å². The molecular weight excluding hydrogens is 319 g/mol. The van der Waals surface area contributed by atoms with E-state index in [9.17, 15) is 9.18 Å². The van der Waals surface area contributed by atoms with Crippen LogP contribution in [0.5, 0.6) is 0 Å². The molecule has 2 atom stereocenters. The predicted molar refractivity (Wildman–Crippen MR) is 96.0 cm³/mol. The molecule has 2 heterocycles. The lowest BCUT2D eigenvalue weighted by molar-refractivity contribution is -0.195. The second-order valence-electron chi connectivity index (χ2n) is 7.21. The lowest BCUT2D eigenvalue weighted by Crippen LogP contribution is -2.62. The van der Waals surface area contributed by atoms with Crippen molar-refractivity contribution in [2.24, 2.45) is 0 Å². The fraction of sp³-hybridized carbons (Fsp3) is 0.650. The Labute approximate surface area is 149 Å². The molecule has 0 N–H and O–H groups in total. The van der Waals surface area contributed by atoms with Gasteiger partial charge in [-0.15, -0.1) is 0 Å². The summed E-state index contributed by atoms with van der Waals surface area (Å²) in [6, 6.07) is 9.79. The van der Waals surface area contributed by atoms with Crippen molar-refractivity contribution in [2.75, 3.05) is 26.2 Å². The topological polar surface area (TPSA) is 32.8 Å². The van der Waals surface area contributed by atoms with Crippen LogP contribution in [0, 0.1) is 0 Å². The maximum Gasteiger partial charge on any atom is 0.251 e. The van der Waals surface area contributed by atoms with Gasteiger partial charge < -0.3 is 9.64 Å². The number of likely N-dealkylation sites (tertiary alicyclic amines) is 1. The lowest BCUT2D eigenvalue weighted by Gasteiger charge is -2.49. The van der Waals surface area contributed by atoms with Crippen LogP contribution < -0.4 is 0 Å². The highest BCUT2D eigenvalue weighted by molar-refractivity contribution is 5.81.